The molecule has 7 heteroatoms. The van der Waals surface area contributed by atoms with Crippen molar-refractivity contribution < 1.29 is 27.8 Å². The number of methoxy groups -OCH3 is 1. The molecule has 0 aliphatic rings. The molecule has 0 fully saturated rings. The number of halogens is 3. The van der Waals surface area contributed by atoms with Gasteiger partial charge in [-0.15, -0.1) is 0 Å². The highest BCUT2D eigenvalue weighted by molar-refractivity contribution is 5.53. The number of alkyl halides is 3. The van der Waals surface area contributed by atoms with Crippen LogP contribution >= 0.6 is 0 Å². The lowest BCUT2D eigenvalue weighted by molar-refractivity contribution is -0.137. The summed E-state index contributed by atoms with van der Waals surface area (Å²) in [5.74, 6) is 4.84. The standard InChI is InChI=1S/C22H20F3NO3/c1-28-11-12-29-10-2-3-19-13-16(15-26)4-5-17(19)6-7-18-8-9-20(27)14-21(18)22(23,24)25/h4-5,8-9,13-14,27H,2-3,10-12H2,1H3. The lowest BCUT2D eigenvalue weighted by atomic mass is 9.99. The van der Waals surface area contributed by atoms with Gasteiger partial charge in [0.05, 0.1) is 30.4 Å². The van der Waals surface area contributed by atoms with E-state index in [-0.39, 0.29) is 5.56 Å². The Morgan fingerprint density at radius 2 is 1.72 bits per heavy atom. The summed E-state index contributed by atoms with van der Waals surface area (Å²) in [5, 5.41) is 18.5. The van der Waals surface area contributed by atoms with Gasteiger partial charge in [0.1, 0.15) is 5.75 Å². The highest BCUT2D eigenvalue weighted by Crippen LogP contribution is 2.33. The van der Waals surface area contributed by atoms with Gasteiger partial charge in [0, 0.05) is 24.8 Å². The van der Waals surface area contributed by atoms with Crippen LogP contribution < -0.4 is 0 Å². The summed E-state index contributed by atoms with van der Waals surface area (Å²) >= 11 is 0. The molecule has 0 saturated carbocycles. The second-order valence-corrected chi connectivity index (χ2v) is 6.17. The molecule has 0 aliphatic carbocycles. The first kappa shape index (κ1) is 22.3. The summed E-state index contributed by atoms with van der Waals surface area (Å²) in [6, 6.07) is 9.88. The number of nitrogens with zero attached hydrogens (tertiary/aromatic N) is 1. The molecule has 0 spiro atoms. The van der Waals surface area contributed by atoms with Gasteiger partial charge in [-0.05, 0) is 54.8 Å². The molecule has 0 bridgehead atoms. The van der Waals surface area contributed by atoms with Crippen molar-refractivity contribution >= 4 is 0 Å². The summed E-state index contributed by atoms with van der Waals surface area (Å²) in [7, 11) is 1.58. The van der Waals surface area contributed by atoms with Crippen molar-refractivity contribution in [3.05, 3.63) is 64.2 Å². The van der Waals surface area contributed by atoms with E-state index >= 15 is 0 Å². The number of hydrogen-bond acceptors (Lipinski definition) is 4. The first-order chi connectivity index (χ1) is 13.8. The van der Waals surface area contributed by atoms with Gasteiger partial charge in [-0.3, -0.25) is 0 Å². The molecule has 1 N–H and O–H groups in total. The fourth-order valence-electron chi connectivity index (χ4n) is 2.61. The minimum Gasteiger partial charge on any atom is -0.508 e. The molecule has 0 aliphatic heterocycles. The lowest BCUT2D eigenvalue weighted by Gasteiger charge is -2.09. The van der Waals surface area contributed by atoms with Gasteiger partial charge < -0.3 is 14.6 Å². The Labute approximate surface area is 167 Å². The van der Waals surface area contributed by atoms with E-state index in [9.17, 15) is 18.3 Å². The van der Waals surface area contributed by atoms with Crippen molar-refractivity contribution in [1.82, 2.24) is 0 Å². The molecule has 0 saturated heterocycles. The summed E-state index contributed by atoms with van der Waals surface area (Å²) in [6.07, 6.45) is -3.40. The van der Waals surface area contributed by atoms with Crippen LogP contribution in [0.5, 0.6) is 5.75 Å². The number of ether oxygens (including phenoxy) is 2. The molecule has 0 heterocycles. The molecular formula is C22H20F3NO3. The van der Waals surface area contributed by atoms with Crippen LogP contribution in [0.4, 0.5) is 13.2 Å². The molecule has 0 amide bonds. The normalized spacial score (nSPS) is 10.9. The predicted molar refractivity (Wildman–Crippen MR) is 101 cm³/mol. The van der Waals surface area contributed by atoms with Crippen molar-refractivity contribution in [2.24, 2.45) is 0 Å². The Bertz CT molecular complexity index is 937. The van der Waals surface area contributed by atoms with Crippen LogP contribution in [0.3, 0.4) is 0 Å². The van der Waals surface area contributed by atoms with Gasteiger partial charge >= 0.3 is 6.18 Å². The maximum Gasteiger partial charge on any atom is 0.417 e. The van der Waals surface area contributed by atoms with E-state index in [4.69, 9.17) is 14.7 Å². The van der Waals surface area contributed by atoms with Gasteiger partial charge in [0.25, 0.3) is 0 Å². The first-order valence-corrected chi connectivity index (χ1v) is 8.87. The maximum absolute atomic E-state index is 13.2. The second-order valence-electron chi connectivity index (χ2n) is 6.17. The van der Waals surface area contributed by atoms with Crippen LogP contribution in [-0.4, -0.2) is 32.0 Å². The highest BCUT2D eigenvalue weighted by atomic mass is 19.4. The average Bonchev–Trinajstić information content (AvgIpc) is 2.69. The average molecular weight is 403 g/mol. The number of rotatable bonds is 7. The topological polar surface area (TPSA) is 62.5 Å². The van der Waals surface area contributed by atoms with Crippen molar-refractivity contribution in [3.8, 4) is 23.7 Å². The Morgan fingerprint density at radius 1 is 1.00 bits per heavy atom. The monoisotopic (exact) mass is 403 g/mol. The van der Waals surface area contributed by atoms with Crippen molar-refractivity contribution in [3.63, 3.8) is 0 Å². The van der Waals surface area contributed by atoms with Crippen molar-refractivity contribution in [2.75, 3.05) is 26.9 Å². The number of hydrogen-bond donors (Lipinski definition) is 1. The fourth-order valence-corrected chi connectivity index (χ4v) is 2.61. The molecule has 2 aromatic rings. The summed E-state index contributed by atoms with van der Waals surface area (Å²) in [6.45, 7) is 1.46. The minimum atomic E-state index is -4.63. The van der Waals surface area contributed by atoms with Gasteiger partial charge in [-0.1, -0.05) is 11.8 Å². The number of phenols is 1. The molecule has 0 atom stereocenters. The Morgan fingerprint density at radius 3 is 2.41 bits per heavy atom. The zero-order chi connectivity index (χ0) is 21.3. The van der Waals surface area contributed by atoms with Gasteiger partial charge in [0.15, 0.2) is 0 Å². The zero-order valence-electron chi connectivity index (χ0n) is 15.8. The van der Waals surface area contributed by atoms with E-state index in [1.165, 1.54) is 0 Å². The molecule has 2 rings (SSSR count). The summed E-state index contributed by atoms with van der Waals surface area (Å²) < 4.78 is 49.9. The molecule has 0 unspecified atom stereocenters. The van der Waals surface area contributed by atoms with Crippen LogP contribution in [0, 0.1) is 23.2 Å². The Hall–Kier alpha value is -3.00. The third-order valence-electron chi connectivity index (χ3n) is 4.04. The van der Waals surface area contributed by atoms with E-state index in [2.05, 4.69) is 11.8 Å². The number of benzene rings is 2. The molecule has 29 heavy (non-hydrogen) atoms. The largest absolute Gasteiger partial charge is 0.508 e. The van der Waals surface area contributed by atoms with E-state index in [0.717, 1.165) is 17.7 Å². The Kier molecular flexibility index (Phi) is 8.09. The molecule has 2 aromatic carbocycles. The van der Waals surface area contributed by atoms with Crippen LogP contribution in [0.2, 0.25) is 0 Å². The van der Waals surface area contributed by atoms with Crippen LogP contribution in [-0.2, 0) is 22.1 Å². The number of aromatic hydroxyl groups is 1. The smallest absolute Gasteiger partial charge is 0.417 e. The number of nitriles is 1. The van der Waals surface area contributed by atoms with Crippen molar-refractivity contribution in [1.29, 1.82) is 5.26 Å². The molecule has 0 radical (unpaired) electrons. The van der Waals surface area contributed by atoms with Gasteiger partial charge in [-0.2, -0.15) is 18.4 Å². The van der Waals surface area contributed by atoms with Crippen LogP contribution in [0.15, 0.2) is 36.4 Å². The third-order valence-corrected chi connectivity index (χ3v) is 4.04. The van der Waals surface area contributed by atoms with E-state index < -0.39 is 17.5 Å². The predicted octanol–water partition coefficient (Wildman–Crippen LogP) is 4.28. The fraction of sp³-hybridized carbons (Fsp3) is 0.318. The first-order valence-electron chi connectivity index (χ1n) is 8.87. The van der Waals surface area contributed by atoms with Crippen molar-refractivity contribution in [2.45, 2.75) is 19.0 Å². The molecular weight excluding hydrogens is 383 g/mol. The van der Waals surface area contributed by atoms with Gasteiger partial charge in [0.2, 0.25) is 0 Å². The molecule has 152 valence electrons. The lowest BCUT2D eigenvalue weighted by Crippen LogP contribution is -2.07. The number of phenolic OH excluding ortho intramolecular Hbond substituents is 1. The number of aryl methyl sites for hydroxylation is 1. The van der Waals surface area contributed by atoms with E-state index in [1.807, 2.05) is 6.07 Å². The summed E-state index contributed by atoms with van der Waals surface area (Å²) in [5.41, 5.74) is 0.535. The van der Waals surface area contributed by atoms with Crippen LogP contribution in [0.1, 0.15) is 34.2 Å². The highest BCUT2D eigenvalue weighted by Gasteiger charge is 2.33. The summed E-state index contributed by atoms with van der Waals surface area (Å²) in [4.78, 5) is 0. The second kappa shape index (κ2) is 10.5. The third kappa shape index (κ3) is 6.83. The zero-order valence-corrected chi connectivity index (χ0v) is 15.8. The van der Waals surface area contributed by atoms with Crippen LogP contribution in [0.25, 0.3) is 0 Å². The minimum absolute atomic E-state index is 0.228. The Balaban J connectivity index is 2.25. The van der Waals surface area contributed by atoms with E-state index in [1.54, 1.807) is 25.3 Å². The quantitative estimate of drug-likeness (QED) is 0.554. The van der Waals surface area contributed by atoms with E-state index in [0.29, 0.717) is 49.9 Å². The maximum atomic E-state index is 13.2. The molecule has 0 aromatic heterocycles. The molecule has 4 nitrogen and oxygen atoms in total. The SMILES string of the molecule is COCCOCCCc1cc(C#N)ccc1C#Cc1ccc(O)cc1C(F)(F)F. The van der Waals surface area contributed by atoms with Gasteiger partial charge in [-0.25, -0.2) is 0 Å².